The molecule has 0 rings (SSSR count). The summed E-state index contributed by atoms with van der Waals surface area (Å²) in [7, 11) is 0. The van der Waals surface area contributed by atoms with Crippen LogP contribution in [-0.4, -0.2) is 30.3 Å². The van der Waals surface area contributed by atoms with Crippen LogP contribution in [0.15, 0.2) is 0 Å². The first-order chi connectivity index (χ1) is 6.81. The van der Waals surface area contributed by atoms with Crippen LogP contribution in [0.1, 0.15) is 34.6 Å². The van der Waals surface area contributed by atoms with Gasteiger partial charge in [-0.25, -0.2) is 4.79 Å². The molecule has 0 spiro atoms. The van der Waals surface area contributed by atoms with Crippen molar-refractivity contribution in [3.63, 3.8) is 0 Å². The number of carbonyl (C=O) groups excluding carboxylic acids is 2. The molecule has 5 nitrogen and oxygen atoms in total. The second-order valence-electron chi connectivity index (χ2n) is 3.60. The Morgan fingerprint density at radius 1 is 1.40 bits per heavy atom. The monoisotopic (exact) mass is 217 g/mol. The molecule has 1 unspecified atom stereocenters. The summed E-state index contributed by atoms with van der Waals surface area (Å²) in [6.07, 6.45) is -0.189. The lowest BCUT2D eigenvalue weighted by atomic mass is 10.2. The van der Waals surface area contributed by atoms with Gasteiger partial charge in [-0.2, -0.15) is 0 Å². The van der Waals surface area contributed by atoms with Crippen molar-refractivity contribution < 1.29 is 19.1 Å². The summed E-state index contributed by atoms with van der Waals surface area (Å²) in [6.45, 7) is 8.29. The van der Waals surface area contributed by atoms with Gasteiger partial charge in [0.25, 0.3) is 0 Å². The van der Waals surface area contributed by atoms with Gasteiger partial charge in [-0.3, -0.25) is 4.79 Å². The molecule has 5 heteroatoms. The Hall–Kier alpha value is -1.10. The minimum atomic E-state index is -1.41. The largest absolute Gasteiger partial charge is 0.462 e. The molecule has 1 amide bonds. The molecule has 0 fully saturated rings. The first-order valence-electron chi connectivity index (χ1n) is 4.95. The van der Waals surface area contributed by atoms with E-state index in [2.05, 4.69) is 5.32 Å². The van der Waals surface area contributed by atoms with Crippen LogP contribution >= 0.6 is 0 Å². The van der Waals surface area contributed by atoms with E-state index in [9.17, 15) is 9.59 Å². The predicted molar refractivity (Wildman–Crippen MR) is 55.1 cm³/mol. The fourth-order valence-corrected chi connectivity index (χ4v) is 1.20. The zero-order valence-corrected chi connectivity index (χ0v) is 9.92. The van der Waals surface area contributed by atoms with Gasteiger partial charge in [0.15, 0.2) is 0 Å². The van der Waals surface area contributed by atoms with E-state index in [0.717, 1.165) is 0 Å². The maximum atomic E-state index is 11.6. The summed E-state index contributed by atoms with van der Waals surface area (Å²) in [6, 6.07) is 0. The van der Waals surface area contributed by atoms with E-state index in [1.54, 1.807) is 20.8 Å². The maximum Gasteiger partial charge on any atom is 0.359 e. The second-order valence-corrected chi connectivity index (χ2v) is 3.60. The lowest BCUT2D eigenvalue weighted by Gasteiger charge is -2.29. The molecule has 0 aromatic heterocycles. The summed E-state index contributed by atoms with van der Waals surface area (Å²) in [5, 5.41) is 2.44. The third-order valence-electron chi connectivity index (χ3n) is 1.55. The Bertz CT molecular complexity index is 240. The maximum absolute atomic E-state index is 11.6. The Kier molecular flexibility index (Phi) is 5.28. The van der Waals surface area contributed by atoms with Gasteiger partial charge in [-0.15, -0.1) is 0 Å². The van der Waals surface area contributed by atoms with E-state index in [1.165, 1.54) is 13.8 Å². The molecular formula is C10H19NO4. The van der Waals surface area contributed by atoms with Gasteiger partial charge in [0.2, 0.25) is 11.6 Å². The molecule has 0 aromatic carbocycles. The molecule has 15 heavy (non-hydrogen) atoms. The van der Waals surface area contributed by atoms with Gasteiger partial charge in [0.1, 0.15) is 0 Å². The quantitative estimate of drug-likeness (QED) is 0.547. The fraction of sp³-hybridized carbons (Fsp3) is 0.800. The highest BCUT2D eigenvalue weighted by atomic mass is 16.6. The number of nitrogens with one attached hydrogen (secondary N) is 1. The van der Waals surface area contributed by atoms with Crippen molar-refractivity contribution in [2.75, 3.05) is 6.61 Å². The van der Waals surface area contributed by atoms with E-state index in [4.69, 9.17) is 9.47 Å². The third-order valence-corrected chi connectivity index (χ3v) is 1.55. The number of rotatable bonds is 5. The molecule has 88 valence electrons. The summed E-state index contributed by atoms with van der Waals surface area (Å²) >= 11 is 0. The molecule has 0 saturated carbocycles. The molecular weight excluding hydrogens is 198 g/mol. The Morgan fingerprint density at radius 2 is 1.93 bits per heavy atom. The van der Waals surface area contributed by atoms with E-state index in [1.807, 2.05) is 0 Å². The number of ether oxygens (including phenoxy) is 2. The first-order valence-corrected chi connectivity index (χ1v) is 4.95. The minimum absolute atomic E-state index is 0.189. The standard InChI is InChI=1S/C10H19NO4/c1-6-14-9(13)10(5,11-8(4)12)15-7(2)3/h7H,6H2,1-5H3,(H,11,12). The molecule has 0 aromatic rings. The smallest absolute Gasteiger partial charge is 0.359 e. The van der Waals surface area contributed by atoms with Crippen molar-refractivity contribution in [3.8, 4) is 0 Å². The van der Waals surface area contributed by atoms with Crippen molar-refractivity contribution >= 4 is 11.9 Å². The van der Waals surface area contributed by atoms with Crippen LogP contribution < -0.4 is 5.32 Å². The predicted octanol–water partition coefficient (Wildman–Crippen LogP) is 0.827. The summed E-state index contributed by atoms with van der Waals surface area (Å²) < 4.78 is 10.2. The van der Waals surface area contributed by atoms with Gasteiger partial charge >= 0.3 is 5.97 Å². The molecule has 0 bridgehead atoms. The van der Waals surface area contributed by atoms with Gasteiger partial charge < -0.3 is 14.8 Å². The van der Waals surface area contributed by atoms with Crippen LogP contribution in [0.25, 0.3) is 0 Å². The van der Waals surface area contributed by atoms with Gasteiger partial charge in [0.05, 0.1) is 12.7 Å². The van der Waals surface area contributed by atoms with Crippen LogP contribution in [0, 0.1) is 0 Å². The van der Waals surface area contributed by atoms with Crippen LogP contribution in [0.3, 0.4) is 0 Å². The van der Waals surface area contributed by atoms with Crippen molar-refractivity contribution in [1.29, 1.82) is 0 Å². The number of carbonyl (C=O) groups is 2. The fourth-order valence-electron chi connectivity index (χ4n) is 1.20. The van der Waals surface area contributed by atoms with Gasteiger partial charge in [-0.1, -0.05) is 0 Å². The second kappa shape index (κ2) is 5.70. The van der Waals surface area contributed by atoms with E-state index in [-0.39, 0.29) is 18.6 Å². The molecule has 0 aliphatic carbocycles. The summed E-state index contributed by atoms with van der Waals surface area (Å²) in [5.41, 5.74) is -1.41. The zero-order chi connectivity index (χ0) is 12.1. The van der Waals surface area contributed by atoms with Crippen LogP contribution in [0.4, 0.5) is 0 Å². The minimum Gasteiger partial charge on any atom is -0.462 e. The number of hydrogen-bond donors (Lipinski definition) is 1. The average Bonchev–Trinajstić information content (AvgIpc) is 2.01. The Balaban J connectivity index is 4.67. The Morgan fingerprint density at radius 3 is 2.27 bits per heavy atom. The first kappa shape index (κ1) is 13.9. The molecule has 0 aliphatic heterocycles. The number of hydrogen-bond acceptors (Lipinski definition) is 4. The topological polar surface area (TPSA) is 64.6 Å². The molecule has 0 radical (unpaired) electrons. The summed E-state index contributed by atoms with van der Waals surface area (Å²) in [5.74, 6) is -0.930. The van der Waals surface area contributed by atoms with Crippen molar-refractivity contribution in [2.45, 2.75) is 46.4 Å². The molecule has 0 heterocycles. The lowest BCUT2D eigenvalue weighted by Crippen LogP contribution is -2.55. The van der Waals surface area contributed by atoms with Gasteiger partial charge in [0, 0.05) is 6.92 Å². The van der Waals surface area contributed by atoms with Gasteiger partial charge in [-0.05, 0) is 27.7 Å². The highest BCUT2D eigenvalue weighted by molar-refractivity contribution is 5.85. The van der Waals surface area contributed by atoms with Crippen molar-refractivity contribution in [2.24, 2.45) is 0 Å². The summed E-state index contributed by atoms with van der Waals surface area (Å²) in [4.78, 5) is 22.5. The normalized spacial score (nSPS) is 14.5. The van der Waals surface area contributed by atoms with E-state index < -0.39 is 11.7 Å². The highest BCUT2D eigenvalue weighted by Crippen LogP contribution is 2.12. The molecule has 0 saturated heterocycles. The zero-order valence-electron chi connectivity index (χ0n) is 9.92. The van der Waals surface area contributed by atoms with Crippen molar-refractivity contribution in [3.05, 3.63) is 0 Å². The number of esters is 1. The SMILES string of the molecule is CCOC(=O)C(C)(NC(C)=O)OC(C)C. The van der Waals surface area contributed by atoms with Crippen LogP contribution in [0.2, 0.25) is 0 Å². The number of amides is 1. The average molecular weight is 217 g/mol. The highest BCUT2D eigenvalue weighted by Gasteiger charge is 2.37. The van der Waals surface area contributed by atoms with E-state index >= 15 is 0 Å². The molecule has 1 atom stereocenters. The Labute approximate surface area is 90.1 Å². The van der Waals surface area contributed by atoms with Crippen molar-refractivity contribution in [1.82, 2.24) is 5.32 Å². The third kappa shape index (κ3) is 4.78. The van der Waals surface area contributed by atoms with Crippen LogP contribution in [0.5, 0.6) is 0 Å². The lowest BCUT2D eigenvalue weighted by molar-refractivity contribution is -0.182. The van der Waals surface area contributed by atoms with E-state index in [0.29, 0.717) is 0 Å². The molecule has 1 N–H and O–H groups in total. The molecule has 0 aliphatic rings. The van der Waals surface area contributed by atoms with Crippen LogP contribution in [-0.2, 0) is 19.1 Å².